The second-order valence-electron chi connectivity index (χ2n) is 25.1. The number of halogens is 2. The van der Waals surface area contributed by atoms with E-state index in [9.17, 15) is 0 Å². The fraction of sp³-hybridized carbons (Fsp3) is 0.211. The SMILES string of the molecule is CN1/C(=C/C=C/C2=[N+](Cc3ccc(C[N+]4=C(/C=C/C=C5/N(C)c6ccccc6C5(C)Cc5ccccc5)C(C)(C)c5c4ccc4ccccc54)cc3)c3ccc4ccccc4c3C2(C)C)C(C)(Cc2ccccc2)c2ccccc21.[O-][Cl+3]([O-])([O-])[O-].[O-][Cl+3]([O-])([O-])[O-]. The summed E-state index contributed by atoms with van der Waals surface area (Å²) in [5.41, 5.74) is 20.2. The number of likely N-dealkylation sites (N-methyl/N-ethyl adjacent to an activating group) is 2. The van der Waals surface area contributed by atoms with E-state index in [1.807, 2.05) is 0 Å². The van der Waals surface area contributed by atoms with Crippen LogP contribution in [-0.4, -0.2) is 34.7 Å². The summed E-state index contributed by atoms with van der Waals surface area (Å²) in [4.78, 5) is 4.81. The van der Waals surface area contributed by atoms with Crippen molar-refractivity contribution in [3.63, 3.8) is 0 Å². The zero-order valence-corrected chi connectivity index (χ0v) is 53.2. The minimum atomic E-state index is -4.94. The van der Waals surface area contributed by atoms with Crippen LogP contribution in [0, 0.1) is 20.5 Å². The van der Waals surface area contributed by atoms with Gasteiger partial charge in [-0.2, -0.15) is 9.15 Å². The van der Waals surface area contributed by atoms with Gasteiger partial charge in [-0.05, 0) is 135 Å². The minimum Gasteiger partial charge on any atom is -0.347 e. The van der Waals surface area contributed by atoms with Crippen molar-refractivity contribution in [1.82, 2.24) is 0 Å². The molecule has 0 radical (unpaired) electrons. The Morgan fingerprint density at radius 1 is 0.378 bits per heavy atom. The third-order valence-electron chi connectivity index (χ3n) is 18.6. The summed E-state index contributed by atoms with van der Waals surface area (Å²) >= 11 is 0. The Morgan fingerprint density at radius 2 is 0.700 bits per heavy atom. The molecule has 0 spiro atoms. The molecule has 4 aliphatic rings. The van der Waals surface area contributed by atoms with E-state index >= 15 is 0 Å². The summed E-state index contributed by atoms with van der Waals surface area (Å²) in [5.74, 6) is 0. The van der Waals surface area contributed by atoms with E-state index < -0.39 is 20.5 Å². The summed E-state index contributed by atoms with van der Waals surface area (Å²) in [7, 11) is -5.43. The lowest BCUT2D eigenvalue weighted by Gasteiger charge is -2.29. The molecule has 4 aliphatic heterocycles. The Hall–Kier alpha value is -8.34. The Bertz CT molecular complexity index is 4080. The maximum Gasteiger partial charge on any atom is 0.210 e. The lowest BCUT2D eigenvalue weighted by atomic mass is 9.76. The van der Waals surface area contributed by atoms with Gasteiger partial charge in [0.05, 0.1) is 10.8 Å². The standard InChI is InChI=1S/C76H72N4.2ClHO4/c1-73(2)67(37-23-39-69-75(5,49-53-25-11-9-12-26-53)61-33-19-21-35-63(61)77(69)7)79(65-47-45-57-29-15-17-31-59(57)71(65)73)51-55-41-43-56(44-42-55)52-80-66-48-46-58-30-16-18-32-60(58)72(66)74(3,4)68(80)38-24-40-70-76(6,50-54-27-13-10-14-28-54)62-34-20-22-36-64(62)78(70)8;2*2-1(3,4)5/h9-48H,49-52H2,1-8H3;2*(H,2,3,4,5)/q+2;;/p-2. The van der Waals surface area contributed by atoms with Crippen LogP contribution in [0.4, 0.5) is 22.7 Å². The summed E-state index contributed by atoms with van der Waals surface area (Å²) in [5, 5.41) is 5.19. The molecule has 14 heteroatoms. The fourth-order valence-corrected chi connectivity index (χ4v) is 14.7. The van der Waals surface area contributed by atoms with Crippen molar-refractivity contribution >= 4 is 55.7 Å². The smallest absolute Gasteiger partial charge is 0.210 e. The summed E-state index contributed by atoms with van der Waals surface area (Å²) in [6.45, 7) is 16.0. The molecule has 12 nitrogen and oxygen atoms in total. The lowest BCUT2D eigenvalue weighted by molar-refractivity contribution is -2.00. The van der Waals surface area contributed by atoms with Crippen molar-refractivity contribution in [3.8, 4) is 0 Å². The molecule has 0 saturated heterocycles. The summed E-state index contributed by atoms with van der Waals surface area (Å²) in [6.07, 6.45) is 16.1. The number of anilines is 2. The van der Waals surface area contributed by atoms with Crippen LogP contribution in [0.1, 0.15) is 86.1 Å². The molecular weight excluding hydrogens is 1170 g/mol. The van der Waals surface area contributed by atoms with Crippen LogP contribution in [-0.2, 0) is 47.6 Å². The number of benzene rings is 9. The molecule has 13 rings (SSSR count). The van der Waals surface area contributed by atoms with Crippen LogP contribution in [0.15, 0.2) is 254 Å². The number of hydrogen-bond donors (Lipinski definition) is 0. The van der Waals surface area contributed by atoms with Gasteiger partial charge in [-0.25, -0.2) is 37.3 Å². The minimum absolute atomic E-state index is 0.189. The second kappa shape index (κ2) is 24.8. The highest BCUT2D eigenvalue weighted by atomic mass is 35.7. The third kappa shape index (κ3) is 12.6. The molecule has 90 heavy (non-hydrogen) atoms. The van der Waals surface area contributed by atoms with Gasteiger partial charge in [0, 0.05) is 94.2 Å². The van der Waals surface area contributed by atoms with Crippen LogP contribution < -0.4 is 47.1 Å². The molecule has 0 saturated carbocycles. The molecule has 2 atom stereocenters. The fourth-order valence-electron chi connectivity index (χ4n) is 14.7. The van der Waals surface area contributed by atoms with Gasteiger partial charge in [0.15, 0.2) is 24.5 Å². The van der Waals surface area contributed by atoms with Crippen LogP contribution in [0.5, 0.6) is 0 Å². The van der Waals surface area contributed by atoms with Gasteiger partial charge in [0.1, 0.15) is 0 Å². The molecule has 0 aromatic heterocycles. The maximum atomic E-state index is 8.49. The average molecular weight is 1240 g/mol. The Morgan fingerprint density at radius 3 is 1.07 bits per heavy atom. The maximum absolute atomic E-state index is 8.49. The number of fused-ring (bicyclic) bond motifs is 8. The van der Waals surface area contributed by atoms with E-state index in [4.69, 9.17) is 37.3 Å². The quantitative estimate of drug-likeness (QED) is 0.109. The predicted molar refractivity (Wildman–Crippen MR) is 337 cm³/mol. The molecular formula is C76H72Cl2N4O8. The third-order valence-corrected chi connectivity index (χ3v) is 18.6. The van der Waals surface area contributed by atoms with Gasteiger partial charge >= 0.3 is 0 Å². The topological polar surface area (TPSA) is 197 Å². The molecule has 0 fully saturated rings. The number of rotatable bonds is 12. The van der Waals surface area contributed by atoms with Crippen molar-refractivity contribution < 1.29 is 66.9 Å². The van der Waals surface area contributed by atoms with Crippen LogP contribution >= 0.6 is 0 Å². The first kappa shape index (κ1) is 63.2. The van der Waals surface area contributed by atoms with Crippen LogP contribution in [0.3, 0.4) is 0 Å². The molecule has 0 N–H and O–H groups in total. The van der Waals surface area contributed by atoms with Gasteiger partial charge in [-0.3, -0.25) is 0 Å². The van der Waals surface area contributed by atoms with Gasteiger partial charge in [-0.1, -0.05) is 182 Å². The number of allylic oxidation sites excluding steroid dienone is 8. The van der Waals surface area contributed by atoms with E-state index in [1.165, 1.54) is 112 Å². The molecule has 458 valence electrons. The first-order valence-electron chi connectivity index (χ1n) is 29.9. The molecule has 9 aromatic rings. The molecule has 0 amide bonds. The highest BCUT2D eigenvalue weighted by Gasteiger charge is 2.48. The molecule has 0 bridgehead atoms. The molecule has 4 heterocycles. The average Bonchev–Trinajstić information content (AvgIpc) is 1.64. The largest absolute Gasteiger partial charge is 0.347 e. The number of para-hydroxylation sites is 2. The van der Waals surface area contributed by atoms with Crippen LogP contribution in [0.25, 0.3) is 21.5 Å². The zero-order valence-electron chi connectivity index (χ0n) is 51.7. The van der Waals surface area contributed by atoms with Gasteiger partial charge in [0.25, 0.3) is 0 Å². The Labute approximate surface area is 531 Å². The van der Waals surface area contributed by atoms with Gasteiger partial charge < -0.3 is 9.80 Å². The second-order valence-corrected chi connectivity index (χ2v) is 26.6. The van der Waals surface area contributed by atoms with E-state index in [2.05, 4.69) is 317 Å². The van der Waals surface area contributed by atoms with Crippen LogP contribution in [0.2, 0.25) is 0 Å². The van der Waals surface area contributed by atoms with Crippen molar-refractivity contribution in [2.45, 2.75) is 89.1 Å². The molecule has 0 aliphatic carbocycles. The summed E-state index contributed by atoms with van der Waals surface area (Å²) < 4.78 is 73.1. The zero-order chi connectivity index (χ0) is 64.0. The number of nitrogens with zero attached hydrogens (tertiary/aromatic N) is 4. The van der Waals surface area contributed by atoms with E-state index in [1.54, 1.807) is 0 Å². The Balaban J connectivity index is 0.000000775. The van der Waals surface area contributed by atoms with E-state index in [0.29, 0.717) is 0 Å². The van der Waals surface area contributed by atoms with Gasteiger partial charge in [0.2, 0.25) is 11.4 Å². The van der Waals surface area contributed by atoms with E-state index in [0.717, 1.165) is 25.9 Å². The van der Waals surface area contributed by atoms with Crippen molar-refractivity contribution in [3.05, 3.63) is 299 Å². The van der Waals surface area contributed by atoms with E-state index in [-0.39, 0.29) is 21.7 Å². The van der Waals surface area contributed by atoms with Crippen molar-refractivity contribution in [2.24, 2.45) is 0 Å². The number of hydrogen-bond acceptors (Lipinski definition) is 10. The van der Waals surface area contributed by atoms with Gasteiger partial charge in [-0.15, -0.1) is 20.5 Å². The Kier molecular flexibility index (Phi) is 17.4. The monoisotopic (exact) mass is 1240 g/mol. The molecule has 9 aromatic carbocycles. The molecule has 2 unspecified atom stereocenters. The van der Waals surface area contributed by atoms with Crippen molar-refractivity contribution in [1.29, 1.82) is 0 Å². The highest BCUT2D eigenvalue weighted by Crippen LogP contribution is 2.52. The summed E-state index contributed by atoms with van der Waals surface area (Å²) in [6, 6.07) is 76.4. The van der Waals surface area contributed by atoms with Crippen molar-refractivity contribution in [2.75, 3.05) is 23.9 Å². The predicted octanol–water partition coefficient (Wildman–Crippen LogP) is 7.81. The first-order valence-corrected chi connectivity index (χ1v) is 32.4. The normalized spacial score (nSPS) is 19.8. The lowest BCUT2D eigenvalue weighted by Crippen LogP contribution is -2.68. The first-order chi connectivity index (χ1) is 42.8. The highest BCUT2D eigenvalue weighted by molar-refractivity contribution is 6.09.